The lowest BCUT2D eigenvalue weighted by molar-refractivity contribution is -0.385. The second-order valence-corrected chi connectivity index (χ2v) is 3.45. The summed E-state index contributed by atoms with van der Waals surface area (Å²) in [4.78, 5) is 21.0. The SMILES string of the molecule is COc1cc(/C=N\NC(C)=O)c([N+](=O)[O-])cc1OC. The molecular formula is C11H13N3O5. The Hall–Kier alpha value is -2.64. The summed E-state index contributed by atoms with van der Waals surface area (Å²) in [6.45, 7) is 1.28. The number of nitro groups is 1. The number of methoxy groups -OCH3 is 2. The molecule has 0 bridgehead atoms. The Morgan fingerprint density at radius 3 is 2.42 bits per heavy atom. The maximum atomic E-state index is 10.9. The van der Waals surface area contributed by atoms with Crippen molar-refractivity contribution in [1.82, 2.24) is 5.43 Å². The molecule has 0 aliphatic carbocycles. The minimum Gasteiger partial charge on any atom is -0.493 e. The zero-order chi connectivity index (χ0) is 14.4. The lowest BCUT2D eigenvalue weighted by Gasteiger charge is -2.08. The van der Waals surface area contributed by atoms with E-state index in [4.69, 9.17) is 9.47 Å². The summed E-state index contributed by atoms with van der Waals surface area (Å²) < 4.78 is 10.0. The van der Waals surface area contributed by atoms with Gasteiger partial charge in [-0.15, -0.1) is 0 Å². The van der Waals surface area contributed by atoms with Crippen LogP contribution in [0, 0.1) is 10.1 Å². The molecule has 102 valence electrons. The number of hydrogen-bond donors (Lipinski definition) is 1. The molecule has 1 rings (SSSR count). The zero-order valence-electron chi connectivity index (χ0n) is 10.7. The highest BCUT2D eigenvalue weighted by Crippen LogP contribution is 2.33. The normalized spacial score (nSPS) is 10.3. The lowest BCUT2D eigenvalue weighted by Crippen LogP contribution is -2.12. The van der Waals surface area contributed by atoms with E-state index in [9.17, 15) is 14.9 Å². The molecular weight excluding hydrogens is 254 g/mol. The maximum absolute atomic E-state index is 10.9. The van der Waals surface area contributed by atoms with Gasteiger partial charge in [0.2, 0.25) is 5.91 Å². The number of ether oxygens (including phenoxy) is 2. The third-order valence-corrected chi connectivity index (χ3v) is 2.16. The van der Waals surface area contributed by atoms with Crippen LogP contribution in [0.3, 0.4) is 0 Å². The van der Waals surface area contributed by atoms with Gasteiger partial charge >= 0.3 is 0 Å². The summed E-state index contributed by atoms with van der Waals surface area (Å²) >= 11 is 0. The second-order valence-electron chi connectivity index (χ2n) is 3.45. The van der Waals surface area contributed by atoms with Crippen molar-refractivity contribution >= 4 is 17.8 Å². The minimum atomic E-state index is -0.572. The molecule has 0 unspecified atom stereocenters. The largest absolute Gasteiger partial charge is 0.493 e. The van der Waals surface area contributed by atoms with Gasteiger partial charge in [-0.2, -0.15) is 5.10 Å². The molecule has 0 aliphatic rings. The van der Waals surface area contributed by atoms with Crippen molar-refractivity contribution in [1.29, 1.82) is 0 Å². The second kappa shape index (κ2) is 6.34. The Balaban J connectivity index is 3.23. The number of amides is 1. The number of carbonyl (C=O) groups excluding carboxylic acids is 1. The van der Waals surface area contributed by atoms with Gasteiger partial charge in [0.05, 0.1) is 37.0 Å². The molecule has 1 N–H and O–H groups in total. The first-order valence-electron chi connectivity index (χ1n) is 5.19. The first-order chi connectivity index (χ1) is 8.99. The summed E-state index contributed by atoms with van der Waals surface area (Å²) in [7, 11) is 2.80. The quantitative estimate of drug-likeness (QED) is 0.488. The van der Waals surface area contributed by atoms with Crippen LogP contribution in [0.25, 0.3) is 0 Å². The fraction of sp³-hybridized carbons (Fsp3) is 0.273. The average Bonchev–Trinajstić information content (AvgIpc) is 2.37. The first kappa shape index (κ1) is 14.4. The predicted octanol–water partition coefficient (Wildman–Crippen LogP) is 1.08. The van der Waals surface area contributed by atoms with Crippen LogP contribution in [0.2, 0.25) is 0 Å². The molecule has 0 radical (unpaired) electrons. The third kappa shape index (κ3) is 3.66. The number of carbonyl (C=O) groups is 1. The van der Waals surface area contributed by atoms with Crippen molar-refractivity contribution in [3.05, 3.63) is 27.8 Å². The first-order valence-corrected chi connectivity index (χ1v) is 5.19. The van der Waals surface area contributed by atoms with Crippen molar-refractivity contribution < 1.29 is 19.2 Å². The fourth-order valence-electron chi connectivity index (χ4n) is 1.34. The van der Waals surface area contributed by atoms with Gasteiger partial charge in [-0.25, -0.2) is 5.43 Å². The zero-order valence-corrected chi connectivity index (χ0v) is 10.7. The van der Waals surface area contributed by atoms with Crippen LogP contribution in [-0.2, 0) is 4.79 Å². The van der Waals surface area contributed by atoms with Crippen LogP contribution in [0.15, 0.2) is 17.2 Å². The van der Waals surface area contributed by atoms with Crippen LogP contribution < -0.4 is 14.9 Å². The summed E-state index contributed by atoms with van der Waals surface area (Å²) in [6.07, 6.45) is 1.17. The van der Waals surface area contributed by atoms with Gasteiger partial charge in [0.25, 0.3) is 5.69 Å². The maximum Gasteiger partial charge on any atom is 0.282 e. The summed E-state index contributed by atoms with van der Waals surface area (Å²) in [6, 6.07) is 2.64. The minimum absolute atomic E-state index is 0.191. The number of rotatable bonds is 5. The van der Waals surface area contributed by atoms with Crippen molar-refractivity contribution in [2.24, 2.45) is 5.10 Å². The molecule has 0 saturated heterocycles. The molecule has 0 heterocycles. The molecule has 1 aromatic rings. The van der Waals surface area contributed by atoms with Crippen LogP contribution in [0.5, 0.6) is 11.5 Å². The Bertz CT molecular complexity index is 527. The molecule has 0 aliphatic heterocycles. The van der Waals surface area contributed by atoms with Gasteiger partial charge in [-0.1, -0.05) is 0 Å². The molecule has 0 fully saturated rings. The number of nitrogens with zero attached hydrogens (tertiary/aromatic N) is 2. The Morgan fingerprint density at radius 2 is 1.95 bits per heavy atom. The number of hydrogen-bond acceptors (Lipinski definition) is 6. The summed E-state index contributed by atoms with van der Waals surface area (Å²) in [5.41, 5.74) is 2.15. The highest BCUT2D eigenvalue weighted by atomic mass is 16.6. The van der Waals surface area contributed by atoms with Gasteiger partial charge < -0.3 is 9.47 Å². The van der Waals surface area contributed by atoms with E-state index >= 15 is 0 Å². The van der Waals surface area contributed by atoms with Crippen LogP contribution in [0.4, 0.5) is 5.69 Å². The predicted molar refractivity (Wildman–Crippen MR) is 67.6 cm³/mol. The highest BCUT2D eigenvalue weighted by Gasteiger charge is 2.18. The molecule has 8 heteroatoms. The number of hydrazone groups is 1. The van der Waals surface area contributed by atoms with E-state index in [0.29, 0.717) is 5.75 Å². The number of nitro benzene ring substituents is 1. The molecule has 0 atom stereocenters. The van der Waals surface area contributed by atoms with Crippen LogP contribution in [-0.4, -0.2) is 31.3 Å². The Kier molecular flexibility index (Phi) is 4.81. The fourth-order valence-corrected chi connectivity index (χ4v) is 1.34. The molecule has 0 spiro atoms. The van der Waals surface area contributed by atoms with E-state index in [2.05, 4.69) is 10.5 Å². The van der Waals surface area contributed by atoms with Gasteiger partial charge in [0, 0.05) is 6.92 Å². The standard InChI is InChI=1S/C11H13N3O5/c1-7(15)13-12-6-8-4-10(18-2)11(19-3)5-9(8)14(16)17/h4-6H,1-3H3,(H,13,15)/b12-6-. The van der Waals surface area contributed by atoms with E-state index in [0.717, 1.165) is 0 Å². The highest BCUT2D eigenvalue weighted by molar-refractivity contribution is 5.87. The Morgan fingerprint density at radius 1 is 1.37 bits per heavy atom. The van der Waals surface area contributed by atoms with E-state index in [1.54, 1.807) is 0 Å². The van der Waals surface area contributed by atoms with Crippen molar-refractivity contribution in [3.8, 4) is 11.5 Å². The smallest absolute Gasteiger partial charge is 0.282 e. The molecule has 1 aromatic carbocycles. The van der Waals surface area contributed by atoms with Gasteiger partial charge in [0.15, 0.2) is 11.5 Å². The molecule has 1 amide bonds. The molecule has 0 aromatic heterocycles. The van der Waals surface area contributed by atoms with Gasteiger partial charge in [0.1, 0.15) is 0 Å². The topological polar surface area (TPSA) is 103 Å². The van der Waals surface area contributed by atoms with E-state index in [1.165, 1.54) is 39.5 Å². The Labute approximate surface area is 109 Å². The van der Waals surface area contributed by atoms with Gasteiger partial charge in [-0.3, -0.25) is 14.9 Å². The van der Waals surface area contributed by atoms with E-state index < -0.39 is 4.92 Å². The van der Waals surface area contributed by atoms with Gasteiger partial charge in [-0.05, 0) is 6.07 Å². The summed E-state index contributed by atoms with van der Waals surface area (Å²) in [5, 5.41) is 14.5. The van der Waals surface area contributed by atoms with E-state index in [1.807, 2.05) is 0 Å². The lowest BCUT2D eigenvalue weighted by atomic mass is 10.1. The number of nitrogens with one attached hydrogen (secondary N) is 1. The summed E-state index contributed by atoms with van der Waals surface area (Å²) in [5.74, 6) is 0.197. The number of benzene rings is 1. The van der Waals surface area contributed by atoms with Crippen molar-refractivity contribution in [3.63, 3.8) is 0 Å². The van der Waals surface area contributed by atoms with Crippen LogP contribution >= 0.6 is 0 Å². The van der Waals surface area contributed by atoms with Crippen molar-refractivity contribution in [2.45, 2.75) is 6.92 Å². The molecule has 8 nitrogen and oxygen atoms in total. The average molecular weight is 267 g/mol. The third-order valence-electron chi connectivity index (χ3n) is 2.16. The van der Waals surface area contributed by atoms with Crippen molar-refractivity contribution in [2.75, 3.05) is 14.2 Å². The monoisotopic (exact) mass is 267 g/mol. The molecule has 19 heavy (non-hydrogen) atoms. The van der Waals surface area contributed by atoms with E-state index in [-0.39, 0.29) is 22.9 Å². The van der Waals surface area contributed by atoms with Crippen LogP contribution in [0.1, 0.15) is 12.5 Å². The molecule has 0 saturated carbocycles.